The first-order valence-electron chi connectivity index (χ1n) is 8.70. The summed E-state index contributed by atoms with van der Waals surface area (Å²) in [6.45, 7) is 0. The quantitative estimate of drug-likeness (QED) is 0.442. The lowest BCUT2D eigenvalue weighted by atomic mass is 10.1. The molecule has 4 aromatic rings. The highest BCUT2D eigenvalue weighted by Crippen LogP contribution is 2.37. The van der Waals surface area contributed by atoms with E-state index in [4.69, 9.17) is 8.92 Å². The minimum atomic E-state index is -4.14. The van der Waals surface area contributed by atoms with Gasteiger partial charge in [-0.2, -0.15) is 8.42 Å². The van der Waals surface area contributed by atoms with E-state index >= 15 is 0 Å². The lowest BCUT2D eigenvalue weighted by Crippen LogP contribution is -2.11. The summed E-state index contributed by atoms with van der Waals surface area (Å²) in [6.07, 6.45) is 1.63. The summed E-state index contributed by atoms with van der Waals surface area (Å²) in [7, 11) is -2.64. The van der Waals surface area contributed by atoms with Crippen LogP contribution in [0.5, 0.6) is 11.5 Å². The molecule has 0 spiro atoms. The molecule has 0 amide bonds. The van der Waals surface area contributed by atoms with Crippen molar-refractivity contribution in [2.24, 2.45) is 0 Å². The van der Waals surface area contributed by atoms with E-state index in [1.165, 1.54) is 43.5 Å². The summed E-state index contributed by atoms with van der Waals surface area (Å²) in [4.78, 5) is 4.36. The maximum Gasteiger partial charge on any atom is 0.339 e. The lowest BCUT2D eigenvalue weighted by molar-refractivity contribution is 0.414. The molecule has 7 heteroatoms. The van der Waals surface area contributed by atoms with Crippen molar-refractivity contribution in [2.75, 3.05) is 7.11 Å². The monoisotopic (exact) mass is 409 g/mol. The largest absolute Gasteiger partial charge is 0.497 e. The summed E-state index contributed by atoms with van der Waals surface area (Å²) in [5.41, 5.74) is 0.845. The van der Waals surface area contributed by atoms with E-state index in [2.05, 4.69) is 4.98 Å². The first-order chi connectivity index (χ1) is 14.0. The van der Waals surface area contributed by atoms with Crippen molar-refractivity contribution in [3.8, 4) is 22.8 Å². The highest BCUT2D eigenvalue weighted by molar-refractivity contribution is 7.87. The lowest BCUT2D eigenvalue weighted by Gasteiger charge is -2.14. The van der Waals surface area contributed by atoms with Crippen molar-refractivity contribution >= 4 is 20.9 Å². The smallest absolute Gasteiger partial charge is 0.339 e. The SMILES string of the molecule is COc1ccc(S(=O)(=O)Oc2c(-c3ccc(F)cc3)ncc3ccccc23)cc1. The molecule has 1 heterocycles. The zero-order chi connectivity index (χ0) is 20.4. The normalized spacial score (nSPS) is 11.4. The van der Waals surface area contributed by atoms with E-state index in [0.29, 0.717) is 22.4 Å². The predicted octanol–water partition coefficient (Wildman–Crippen LogP) is 4.82. The fourth-order valence-corrected chi connectivity index (χ4v) is 3.89. The summed E-state index contributed by atoms with van der Waals surface area (Å²) in [6, 6.07) is 18.7. The van der Waals surface area contributed by atoms with Crippen molar-refractivity contribution in [3.63, 3.8) is 0 Å². The molecule has 0 unspecified atom stereocenters. The number of nitrogens with zero attached hydrogens (tertiary/aromatic N) is 1. The Kier molecular flexibility index (Phi) is 4.90. The van der Waals surface area contributed by atoms with Gasteiger partial charge >= 0.3 is 10.1 Å². The second-order valence-corrected chi connectivity index (χ2v) is 7.79. The standard InChI is InChI=1S/C22H16FNO4S/c1-27-18-10-12-19(13-11-18)29(25,26)28-22-20-5-3-2-4-16(20)14-24-21(22)15-6-8-17(23)9-7-15/h2-14H,1H3. The number of ether oxygens (including phenoxy) is 1. The van der Waals surface area contributed by atoms with Gasteiger partial charge in [0.05, 0.1) is 7.11 Å². The number of hydrogen-bond acceptors (Lipinski definition) is 5. The van der Waals surface area contributed by atoms with Gasteiger partial charge in [0.2, 0.25) is 0 Å². The van der Waals surface area contributed by atoms with Gasteiger partial charge in [-0.3, -0.25) is 4.98 Å². The molecule has 0 aliphatic heterocycles. The summed E-state index contributed by atoms with van der Waals surface area (Å²) >= 11 is 0. The van der Waals surface area contributed by atoms with Crippen LogP contribution in [0.2, 0.25) is 0 Å². The van der Waals surface area contributed by atoms with E-state index in [-0.39, 0.29) is 10.6 Å². The number of methoxy groups -OCH3 is 1. The van der Waals surface area contributed by atoms with Crippen LogP contribution in [-0.4, -0.2) is 20.5 Å². The van der Waals surface area contributed by atoms with Crippen molar-refractivity contribution in [1.29, 1.82) is 0 Å². The van der Waals surface area contributed by atoms with Crippen molar-refractivity contribution < 1.29 is 21.7 Å². The van der Waals surface area contributed by atoms with Crippen molar-refractivity contribution in [3.05, 3.63) is 84.8 Å². The molecule has 4 rings (SSSR count). The molecule has 0 N–H and O–H groups in total. The fraction of sp³-hybridized carbons (Fsp3) is 0.0455. The number of fused-ring (bicyclic) bond motifs is 1. The van der Waals surface area contributed by atoms with Gasteiger partial charge in [0.1, 0.15) is 22.2 Å². The first kappa shape index (κ1) is 18.9. The summed E-state index contributed by atoms with van der Waals surface area (Å²) in [5, 5.41) is 1.30. The van der Waals surface area contributed by atoms with E-state index in [9.17, 15) is 12.8 Å². The van der Waals surface area contributed by atoms with Gasteiger partial charge in [0.25, 0.3) is 0 Å². The number of benzene rings is 3. The second kappa shape index (κ2) is 7.52. The van der Waals surface area contributed by atoms with Gasteiger partial charge in [0, 0.05) is 22.5 Å². The van der Waals surface area contributed by atoms with Crippen LogP contribution in [0.15, 0.2) is 83.9 Å². The van der Waals surface area contributed by atoms with Crippen molar-refractivity contribution in [1.82, 2.24) is 4.98 Å². The van der Waals surface area contributed by atoms with Crippen LogP contribution in [0.3, 0.4) is 0 Å². The molecule has 0 saturated carbocycles. The highest BCUT2D eigenvalue weighted by Gasteiger charge is 2.22. The van der Waals surface area contributed by atoms with E-state index < -0.39 is 15.9 Å². The molecule has 0 aliphatic carbocycles. The zero-order valence-corrected chi connectivity index (χ0v) is 16.2. The average Bonchev–Trinajstić information content (AvgIpc) is 2.74. The topological polar surface area (TPSA) is 65.5 Å². The number of pyridine rings is 1. The van der Waals surface area contributed by atoms with Crippen LogP contribution in [0.25, 0.3) is 22.0 Å². The average molecular weight is 409 g/mol. The second-order valence-electron chi connectivity index (χ2n) is 6.24. The van der Waals surface area contributed by atoms with Crippen LogP contribution in [0.4, 0.5) is 4.39 Å². The molecule has 146 valence electrons. The van der Waals surface area contributed by atoms with Crippen LogP contribution in [-0.2, 0) is 10.1 Å². The Balaban J connectivity index is 1.86. The van der Waals surface area contributed by atoms with E-state index in [0.717, 1.165) is 5.39 Å². The van der Waals surface area contributed by atoms with Crippen LogP contribution in [0.1, 0.15) is 0 Å². The Labute approximate surface area is 167 Å². The van der Waals surface area contributed by atoms with Gasteiger partial charge in [0.15, 0.2) is 5.75 Å². The maximum atomic E-state index is 13.4. The Morgan fingerprint density at radius 1 is 0.897 bits per heavy atom. The minimum Gasteiger partial charge on any atom is -0.497 e. The molecule has 1 aromatic heterocycles. The number of hydrogen-bond donors (Lipinski definition) is 0. The molecule has 0 atom stereocenters. The third kappa shape index (κ3) is 3.77. The Hall–Kier alpha value is -3.45. The maximum absolute atomic E-state index is 13.4. The van der Waals surface area contributed by atoms with E-state index in [1.54, 1.807) is 30.5 Å². The molecule has 5 nitrogen and oxygen atoms in total. The van der Waals surface area contributed by atoms with Gasteiger partial charge in [-0.25, -0.2) is 4.39 Å². The van der Waals surface area contributed by atoms with Gasteiger partial charge in [-0.1, -0.05) is 24.3 Å². The molecule has 0 saturated heterocycles. The third-order valence-corrected chi connectivity index (χ3v) is 5.65. The summed E-state index contributed by atoms with van der Waals surface area (Å²) in [5.74, 6) is 0.219. The molecule has 0 aliphatic rings. The molecular formula is C22H16FNO4S. The van der Waals surface area contributed by atoms with Crippen LogP contribution in [0, 0.1) is 5.82 Å². The van der Waals surface area contributed by atoms with E-state index in [1.807, 2.05) is 12.1 Å². The van der Waals surface area contributed by atoms with Gasteiger partial charge in [-0.15, -0.1) is 0 Å². The molecule has 3 aromatic carbocycles. The zero-order valence-electron chi connectivity index (χ0n) is 15.4. The highest BCUT2D eigenvalue weighted by atomic mass is 32.2. The predicted molar refractivity (Wildman–Crippen MR) is 108 cm³/mol. The molecule has 0 bridgehead atoms. The molecule has 0 radical (unpaired) electrons. The fourth-order valence-electron chi connectivity index (χ4n) is 2.93. The minimum absolute atomic E-state index is 0.0173. The van der Waals surface area contributed by atoms with Crippen LogP contribution < -0.4 is 8.92 Å². The Bertz CT molecular complexity index is 1270. The molecule has 0 fully saturated rings. The number of halogens is 1. The Morgan fingerprint density at radius 3 is 2.28 bits per heavy atom. The van der Waals surface area contributed by atoms with Crippen molar-refractivity contribution in [2.45, 2.75) is 4.90 Å². The third-order valence-electron chi connectivity index (χ3n) is 4.41. The molecule has 29 heavy (non-hydrogen) atoms. The summed E-state index contributed by atoms with van der Waals surface area (Å²) < 4.78 is 49.8. The molecular weight excluding hydrogens is 393 g/mol. The number of rotatable bonds is 5. The Morgan fingerprint density at radius 2 is 1.59 bits per heavy atom. The van der Waals surface area contributed by atoms with Gasteiger partial charge in [-0.05, 0) is 48.5 Å². The number of aromatic nitrogens is 1. The van der Waals surface area contributed by atoms with Crippen LogP contribution >= 0.6 is 0 Å². The van der Waals surface area contributed by atoms with Gasteiger partial charge < -0.3 is 8.92 Å². The first-order valence-corrected chi connectivity index (χ1v) is 10.1.